The fourth-order valence-corrected chi connectivity index (χ4v) is 2.98. The summed E-state index contributed by atoms with van der Waals surface area (Å²) in [6.07, 6.45) is 3.79. The molecule has 2 aromatic heterocycles. The van der Waals surface area contributed by atoms with Crippen LogP contribution in [0.4, 0.5) is 0 Å². The van der Waals surface area contributed by atoms with E-state index in [9.17, 15) is 4.79 Å². The van der Waals surface area contributed by atoms with E-state index in [4.69, 9.17) is 4.74 Å². The van der Waals surface area contributed by atoms with Crippen LogP contribution in [0.15, 0.2) is 17.0 Å². The summed E-state index contributed by atoms with van der Waals surface area (Å²) in [5.41, 5.74) is 3.58. The van der Waals surface area contributed by atoms with E-state index >= 15 is 0 Å². The van der Waals surface area contributed by atoms with Crippen LogP contribution in [-0.2, 0) is 4.74 Å². The first-order valence-electron chi connectivity index (χ1n) is 6.78. The zero-order chi connectivity index (χ0) is 14.1. The molecule has 0 radical (unpaired) electrons. The number of thiophene rings is 1. The van der Waals surface area contributed by atoms with Crippen molar-refractivity contribution in [3.63, 3.8) is 0 Å². The Morgan fingerprint density at radius 1 is 1.45 bits per heavy atom. The molecule has 104 valence electrons. The number of carbonyl (C=O) groups is 1. The van der Waals surface area contributed by atoms with Crippen LogP contribution in [0.2, 0.25) is 0 Å². The molecule has 1 aliphatic rings. The van der Waals surface area contributed by atoms with Gasteiger partial charge in [0.15, 0.2) is 5.82 Å². The van der Waals surface area contributed by atoms with Crippen molar-refractivity contribution in [2.75, 3.05) is 6.61 Å². The second-order valence-corrected chi connectivity index (χ2v) is 5.70. The summed E-state index contributed by atoms with van der Waals surface area (Å²) in [5, 5.41) is 4.13. The molecule has 0 atom stereocenters. The van der Waals surface area contributed by atoms with Crippen molar-refractivity contribution in [1.82, 2.24) is 9.97 Å². The Kier molecular flexibility index (Phi) is 3.53. The minimum absolute atomic E-state index is 0.317. The van der Waals surface area contributed by atoms with Crippen LogP contribution in [0.5, 0.6) is 0 Å². The van der Waals surface area contributed by atoms with E-state index in [-0.39, 0.29) is 5.97 Å². The molecule has 2 aromatic rings. The average molecular weight is 288 g/mol. The third kappa shape index (κ3) is 2.45. The molecule has 0 aromatic carbocycles. The fourth-order valence-electron chi connectivity index (χ4n) is 2.15. The van der Waals surface area contributed by atoms with E-state index in [1.807, 2.05) is 12.3 Å². The molecule has 1 saturated carbocycles. The molecule has 1 aliphatic carbocycles. The maximum absolute atomic E-state index is 12.0. The Bertz CT molecular complexity index is 647. The van der Waals surface area contributed by atoms with Crippen LogP contribution in [-0.4, -0.2) is 22.5 Å². The molecule has 3 rings (SSSR count). The second-order valence-electron chi connectivity index (χ2n) is 4.96. The lowest BCUT2D eigenvalue weighted by Crippen LogP contribution is -2.11. The number of rotatable bonds is 4. The predicted molar refractivity (Wildman–Crippen MR) is 78.0 cm³/mol. The van der Waals surface area contributed by atoms with Crippen molar-refractivity contribution in [2.24, 2.45) is 0 Å². The maximum Gasteiger partial charge on any atom is 0.341 e. The standard InChI is InChI=1S/C15H16N2O2S/c1-3-19-15(18)11-6-16-14(12-8-20-7-9(12)2)17-13(11)10-4-5-10/h6-8,10H,3-5H2,1-2H3. The van der Waals surface area contributed by atoms with Crippen molar-refractivity contribution in [3.8, 4) is 11.4 Å². The quantitative estimate of drug-likeness (QED) is 0.807. The summed E-state index contributed by atoms with van der Waals surface area (Å²) >= 11 is 1.64. The Balaban J connectivity index is 2.02. The Hall–Kier alpha value is -1.75. The number of aromatic nitrogens is 2. The number of aryl methyl sites for hydroxylation is 1. The summed E-state index contributed by atoms with van der Waals surface area (Å²) in [6.45, 7) is 4.22. The lowest BCUT2D eigenvalue weighted by atomic mass is 10.1. The topological polar surface area (TPSA) is 52.1 Å². The number of ether oxygens (including phenoxy) is 1. The normalized spacial score (nSPS) is 14.3. The first-order valence-corrected chi connectivity index (χ1v) is 7.72. The molecule has 4 nitrogen and oxygen atoms in total. The van der Waals surface area contributed by atoms with Crippen molar-refractivity contribution < 1.29 is 9.53 Å². The largest absolute Gasteiger partial charge is 0.462 e. The Morgan fingerprint density at radius 3 is 2.85 bits per heavy atom. The zero-order valence-electron chi connectivity index (χ0n) is 11.5. The molecule has 0 aliphatic heterocycles. The van der Waals surface area contributed by atoms with Gasteiger partial charge in [0.25, 0.3) is 0 Å². The number of nitrogens with zero attached hydrogens (tertiary/aromatic N) is 2. The van der Waals surface area contributed by atoms with E-state index in [2.05, 4.69) is 15.3 Å². The molecule has 5 heteroatoms. The van der Waals surface area contributed by atoms with Gasteiger partial charge in [0.05, 0.1) is 17.9 Å². The van der Waals surface area contributed by atoms with Crippen LogP contribution in [0, 0.1) is 6.92 Å². The second kappa shape index (κ2) is 5.32. The predicted octanol–water partition coefficient (Wildman–Crippen LogP) is 3.57. The van der Waals surface area contributed by atoms with E-state index in [0.29, 0.717) is 23.9 Å². The zero-order valence-corrected chi connectivity index (χ0v) is 12.4. The van der Waals surface area contributed by atoms with Gasteiger partial charge in [0.2, 0.25) is 0 Å². The highest BCUT2D eigenvalue weighted by atomic mass is 32.1. The van der Waals surface area contributed by atoms with E-state index in [0.717, 1.165) is 24.1 Å². The molecule has 0 amide bonds. The lowest BCUT2D eigenvalue weighted by Gasteiger charge is -2.08. The maximum atomic E-state index is 12.0. The smallest absolute Gasteiger partial charge is 0.341 e. The van der Waals surface area contributed by atoms with Gasteiger partial charge in [0, 0.05) is 23.1 Å². The van der Waals surface area contributed by atoms with Gasteiger partial charge < -0.3 is 4.74 Å². The van der Waals surface area contributed by atoms with Crippen LogP contribution < -0.4 is 0 Å². The molecule has 0 unspecified atom stereocenters. The third-order valence-electron chi connectivity index (χ3n) is 3.37. The first-order chi connectivity index (χ1) is 9.70. The minimum atomic E-state index is -0.317. The van der Waals surface area contributed by atoms with Gasteiger partial charge in [-0.2, -0.15) is 11.3 Å². The van der Waals surface area contributed by atoms with Crippen molar-refractivity contribution >= 4 is 17.3 Å². The van der Waals surface area contributed by atoms with Gasteiger partial charge in [-0.05, 0) is 37.6 Å². The Labute approximate surface area is 121 Å². The fraction of sp³-hybridized carbons (Fsp3) is 0.400. The monoisotopic (exact) mass is 288 g/mol. The number of hydrogen-bond acceptors (Lipinski definition) is 5. The summed E-state index contributed by atoms with van der Waals surface area (Å²) in [6, 6.07) is 0. The first kappa shape index (κ1) is 13.2. The average Bonchev–Trinajstić information content (AvgIpc) is 3.20. The van der Waals surface area contributed by atoms with Crippen molar-refractivity contribution in [2.45, 2.75) is 32.6 Å². The molecule has 0 N–H and O–H groups in total. The van der Waals surface area contributed by atoms with Gasteiger partial charge in [-0.3, -0.25) is 0 Å². The molecule has 0 saturated heterocycles. The summed E-state index contributed by atoms with van der Waals surface area (Å²) < 4.78 is 5.08. The highest BCUT2D eigenvalue weighted by Crippen LogP contribution is 2.41. The molecule has 20 heavy (non-hydrogen) atoms. The summed E-state index contributed by atoms with van der Waals surface area (Å²) in [7, 11) is 0. The van der Waals surface area contributed by atoms with Crippen molar-refractivity contribution in [3.05, 3.63) is 33.8 Å². The van der Waals surface area contributed by atoms with Gasteiger partial charge in [-0.15, -0.1) is 0 Å². The highest BCUT2D eigenvalue weighted by molar-refractivity contribution is 7.08. The van der Waals surface area contributed by atoms with Gasteiger partial charge >= 0.3 is 5.97 Å². The third-order valence-corrected chi connectivity index (χ3v) is 4.24. The summed E-state index contributed by atoms with van der Waals surface area (Å²) in [4.78, 5) is 20.9. The van der Waals surface area contributed by atoms with Crippen molar-refractivity contribution in [1.29, 1.82) is 0 Å². The summed E-state index contributed by atoms with van der Waals surface area (Å²) in [5.74, 6) is 0.775. The van der Waals surface area contributed by atoms with E-state index < -0.39 is 0 Å². The minimum Gasteiger partial charge on any atom is -0.462 e. The molecule has 0 spiro atoms. The van der Waals surface area contributed by atoms with E-state index in [1.54, 1.807) is 24.5 Å². The Morgan fingerprint density at radius 2 is 2.25 bits per heavy atom. The van der Waals surface area contributed by atoms with Crippen LogP contribution in [0.25, 0.3) is 11.4 Å². The van der Waals surface area contributed by atoms with E-state index in [1.165, 1.54) is 5.56 Å². The van der Waals surface area contributed by atoms with Crippen LogP contribution >= 0.6 is 11.3 Å². The SMILES string of the molecule is CCOC(=O)c1cnc(-c2cscc2C)nc1C1CC1. The number of hydrogen-bond donors (Lipinski definition) is 0. The number of esters is 1. The van der Waals surface area contributed by atoms with Crippen LogP contribution in [0.3, 0.4) is 0 Å². The molecular formula is C15H16N2O2S. The molecule has 0 bridgehead atoms. The van der Waals surface area contributed by atoms with Gasteiger partial charge in [0.1, 0.15) is 0 Å². The highest BCUT2D eigenvalue weighted by Gasteiger charge is 2.31. The number of carbonyl (C=O) groups excluding carboxylic acids is 1. The molecule has 2 heterocycles. The molecule has 1 fully saturated rings. The van der Waals surface area contributed by atoms with Crippen LogP contribution in [0.1, 0.15) is 47.3 Å². The van der Waals surface area contributed by atoms with Gasteiger partial charge in [-0.1, -0.05) is 0 Å². The lowest BCUT2D eigenvalue weighted by molar-refractivity contribution is 0.0524. The van der Waals surface area contributed by atoms with Gasteiger partial charge in [-0.25, -0.2) is 14.8 Å². The molecular weight excluding hydrogens is 272 g/mol.